The standard InChI is InChI=1S/C32H35N3P2/c1-25-15-19-27(20-16-25)31-34-23-10-24-35(34)32(28-21-17-26(2)18-22-28)37(31)33(3)36(29-11-6-4-7-12-29)30-13-8-5-9-14-30/h4-9,11-22,31-32H,10,23-24H2,1-3H3/t31-,32-/m1/s1. The predicted molar refractivity (Wildman–Crippen MR) is 160 cm³/mol. The summed E-state index contributed by atoms with van der Waals surface area (Å²) in [5.41, 5.74) is 5.54. The molecule has 0 amide bonds. The number of benzene rings is 4. The summed E-state index contributed by atoms with van der Waals surface area (Å²) in [5, 5.41) is 8.25. The first-order valence-corrected chi connectivity index (χ1v) is 15.9. The van der Waals surface area contributed by atoms with E-state index in [0.717, 1.165) is 13.1 Å². The summed E-state index contributed by atoms with van der Waals surface area (Å²) < 4.78 is 2.79. The van der Waals surface area contributed by atoms with Crippen LogP contribution in [0.15, 0.2) is 109 Å². The van der Waals surface area contributed by atoms with Crippen molar-refractivity contribution in [1.82, 2.24) is 14.5 Å². The lowest BCUT2D eigenvalue weighted by atomic mass is 10.1. The third kappa shape index (κ3) is 4.81. The van der Waals surface area contributed by atoms with E-state index in [2.05, 4.69) is 145 Å². The van der Waals surface area contributed by atoms with E-state index in [0.29, 0.717) is 11.6 Å². The second-order valence-electron chi connectivity index (χ2n) is 10.1. The van der Waals surface area contributed by atoms with E-state index in [1.165, 1.54) is 39.3 Å². The molecular formula is C32H35N3P2. The van der Waals surface area contributed by atoms with E-state index >= 15 is 0 Å². The molecule has 0 spiro atoms. The molecular weight excluding hydrogens is 488 g/mol. The van der Waals surface area contributed by atoms with Crippen LogP contribution in [0.3, 0.4) is 0 Å². The van der Waals surface area contributed by atoms with Gasteiger partial charge in [-0.25, -0.2) is 10.0 Å². The van der Waals surface area contributed by atoms with Crippen LogP contribution >= 0.6 is 16.1 Å². The molecule has 37 heavy (non-hydrogen) atoms. The van der Waals surface area contributed by atoms with Gasteiger partial charge in [0.1, 0.15) is 0 Å². The van der Waals surface area contributed by atoms with E-state index in [1.807, 2.05) is 0 Å². The molecule has 0 aliphatic carbocycles. The molecule has 0 radical (unpaired) electrons. The molecule has 2 heterocycles. The molecule has 2 aliphatic rings. The molecule has 4 aromatic rings. The molecule has 2 atom stereocenters. The number of hydrogen-bond donors (Lipinski definition) is 0. The summed E-state index contributed by atoms with van der Waals surface area (Å²) >= 11 is 0. The number of hydrogen-bond acceptors (Lipinski definition) is 3. The van der Waals surface area contributed by atoms with Gasteiger partial charge in [0.2, 0.25) is 0 Å². The summed E-state index contributed by atoms with van der Waals surface area (Å²) in [6, 6.07) is 41.0. The van der Waals surface area contributed by atoms with Crippen LogP contribution in [0.4, 0.5) is 0 Å². The fourth-order valence-corrected chi connectivity index (χ4v) is 12.6. The number of fused-ring (bicyclic) bond motifs is 1. The summed E-state index contributed by atoms with van der Waals surface area (Å²) in [6.45, 7) is 6.63. The molecule has 2 fully saturated rings. The highest BCUT2D eigenvalue weighted by molar-refractivity contribution is 7.79. The zero-order valence-corrected chi connectivity index (χ0v) is 23.7. The van der Waals surface area contributed by atoms with Crippen LogP contribution in [0.1, 0.15) is 40.2 Å². The Morgan fingerprint density at radius 2 is 1.03 bits per heavy atom. The van der Waals surface area contributed by atoms with Crippen LogP contribution in [0, 0.1) is 13.8 Å². The minimum Gasteiger partial charge on any atom is -0.252 e. The third-order valence-electron chi connectivity index (χ3n) is 7.55. The molecule has 2 saturated heterocycles. The maximum Gasteiger partial charge on any atom is 0.0847 e. The Labute approximate surface area is 224 Å². The van der Waals surface area contributed by atoms with Crippen molar-refractivity contribution in [3.05, 3.63) is 131 Å². The number of rotatable bonds is 6. The van der Waals surface area contributed by atoms with E-state index in [1.54, 1.807) is 0 Å². The number of nitrogens with zero attached hydrogens (tertiary/aromatic N) is 3. The smallest absolute Gasteiger partial charge is 0.0847 e. The van der Waals surface area contributed by atoms with Gasteiger partial charge in [0.05, 0.1) is 11.6 Å². The Morgan fingerprint density at radius 1 is 0.622 bits per heavy atom. The van der Waals surface area contributed by atoms with Crippen LogP contribution in [-0.4, -0.2) is 34.6 Å². The lowest BCUT2D eigenvalue weighted by Crippen LogP contribution is -2.32. The maximum absolute atomic E-state index is 2.79. The fraction of sp³-hybridized carbons (Fsp3) is 0.250. The molecule has 5 heteroatoms. The molecule has 188 valence electrons. The summed E-state index contributed by atoms with van der Waals surface area (Å²) in [7, 11) is 1.12. The summed E-state index contributed by atoms with van der Waals surface area (Å²) in [5.74, 6) is 0.735. The van der Waals surface area contributed by atoms with Gasteiger partial charge >= 0.3 is 0 Å². The Kier molecular flexibility index (Phi) is 7.26. The quantitative estimate of drug-likeness (QED) is 0.245. The van der Waals surface area contributed by atoms with Gasteiger partial charge < -0.3 is 0 Å². The van der Waals surface area contributed by atoms with Gasteiger partial charge in [-0.3, -0.25) is 4.44 Å². The van der Waals surface area contributed by atoms with Crippen LogP contribution in [0.2, 0.25) is 0 Å². The zero-order chi connectivity index (χ0) is 25.4. The van der Waals surface area contributed by atoms with Gasteiger partial charge in [0, 0.05) is 29.2 Å². The predicted octanol–water partition coefficient (Wildman–Crippen LogP) is 7.31. The molecule has 0 aromatic heterocycles. The molecule has 4 aromatic carbocycles. The largest absolute Gasteiger partial charge is 0.252 e. The van der Waals surface area contributed by atoms with E-state index in [9.17, 15) is 0 Å². The van der Waals surface area contributed by atoms with Crippen molar-refractivity contribution >= 4 is 26.8 Å². The molecule has 0 N–H and O–H groups in total. The Bertz CT molecular complexity index is 1210. The first-order chi connectivity index (χ1) is 18.1. The lowest BCUT2D eigenvalue weighted by Gasteiger charge is -2.39. The van der Waals surface area contributed by atoms with Gasteiger partial charge in [-0.15, -0.1) is 0 Å². The number of hydrazine groups is 1. The minimum atomic E-state index is -0.680. The average Bonchev–Trinajstić information content (AvgIpc) is 3.52. The van der Waals surface area contributed by atoms with E-state index < -0.39 is 16.1 Å². The second kappa shape index (κ2) is 10.8. The Morgan fingerprint density at radius 3 is 1.43 bits per heavy atom. The average molecular weight is 524 g/mol. The zero-order valence-electron chi connectivity index (χ0n) is 21.9. The van der Waals surface area contributed by atoms with Crippen molar-refractivity contribution in [2.24, 2.45) is 0 Å². The van der Waals surface area contributed by atoms with Crippen molar-refractivity contribution in [2.75, 3.05) is 20.1 Å². The maximum atomic E-state index is 2.79. The van der Waals surface area contributed by atoms with Crippen LogP contribution in [0.5, 0.6) is 0 Å². The molecule has 2 aliphatic heterocycles. The summed E-state index contributed by atoms with van der Waals surface area (Å²) in [6.07, 6.45) is 1.23. The van der Waals surface area contributed by atoms with Crippen molar-refractivity contribution < 1.29 is 0 Å². The monoisotopic (exact) mass is 523 g/mol. The molecule has 0 unspecified atom stereocenters. The second-order valence-corrected chi connectivity index (χ2v) is 15.0. The SMILES string of the molecule is Cc1ccc([C@@H]2N3CCCN3[C@@H](c3ccc(C)cc3)P2N(C)P(c2ccccc2)c2ccccc2)cc1. The van der Waals surface area contributed by atoms with Crippen LogP contribution < -0.4 is 10.6 Å². The first kappa shape index (κ1) is 24.9. The first-order valence-electron chi connectivity index (χ1n) is 13.2. The molecule has 0 bridgehead atoms. The molecule has 6 rings (SSSR count). The van der Waals surface area contributed by atoms with Gasteiger partial charge in [-0.05, 0) is 49.1 Å². The fourth-order valence-electron chi connectivity index (χ4n) is 5.75. The van der Waals surface area contributed by atoms with Crippen LogP contribution in [0.25, 0.3) is 0 Å². The van der Waals surface area contributed by atoms with Crippen molar-refractivity contribution in [2.45, 2.75) is 31.8 Å². The van der Waals surface area contributed by atoms with Crippen LogP contribution in [-0.2, 0) is 0 Å². The Balaban J connectivity index is 1.52. The van der Waals surface area contributed by atoms with E-state index in [4.69, 9.17) is 0 Å². The van der Waals surface area contributed by atoms with Gasteiger partial charge in [0.25, 0.3) is 0 Å². The lowest BCUT2D eigenvalue weighted by molar-refractivity contribution is 0.0252. The highest BCUT2D eigenvalue weighted by Crippen LogP contribution is 2.75. The van der Waals surface area contributed by atoms with Crippen molar-refractivity contribution in [3.8, 4) is 0 Å². The molecule has 3 nitrogen and oxygen atoms in total. The molecule has 0 saturated carbocycles. The topological polar surface area (TPSA) is 9.72 Å². The highest BCUT2D eigenvalue weighted by atomic mass is 31.2. The van der Waals surface area contributed by atoms with Gasteiger partial charge in [0.15, 0.2) is 0 Å². The minimum absolute atomic E-state index is 0.367. The third-order valence-corrected chi connectivity index (χ3v) is 13.7. The van der Waals surface area contributed by atoms with Crippen molar-refractivity contribution in [1.29, 1.82) is 0 Å². The van der Waals surface area contributed by atoms with Gasteiger partial charge in [-0.2, -0.15) is 0 Å². The van der Waals surface area contributed by atoms with E-state index in [-0.39, 0.29) is 0 Å². The highest BCUT2D eigenvalue weighted by Gasteiger charge is 2.53. The van der Waals surface area contributed by atoms with Crippen molar-refractivity contribution in [3.63, 3.8) is 0 Å². The number of aryl methyl sites for hydroxylation is 2. The van der Waals surface area contributed by atoms with Gasteiger partial charge in [-0.1, -0.05) is 120 Å². The summed E-state index contributed by atoms with van der Waals surface area (Å²) in [4.78, 5) is 0. The normalized spacial score (nSPS) is 20.7. The Hall–Kier alpha value is -2.38.